The lowest BCUT2D eigenvalue weighted by Gasteiger charge is -2.14. The molecule has 0 aliphatic carbocycles. The van der Waals surface area contributed by atoms with Gasteiger partial charge in [-0.3, -0.25) is 0 Å². The molecule has 0 bridgehead atoms. The Balaban J connectivity index is 2.18. The van der Waals surface area contributed by atoms with E-state index in [1.165, 1.54) is 11.1 Å². The van der Waals surface area contributed by atoms with Gasteiger partial charge in [0, 0.05) is 24.4 Å². The second-order valence-electron chi connectivity index (χ2n) is 4.59. The molecule has 1 atom stereocenters. The van der Waals surface area contributed by atoms with Crippen LogP contribution in [0.3, 0.4) is 0 Å². The van der Waals surface area contributed by atoms with Gasteiger partial charge in [-0.1, -0.05) is 17.8 Å². The van der Waals surface area contributed by atoms with Crippen LogP contribution < -0.4 is 10.1 Å². The van der Waals surface area contributed by atoms with Gasteiger partial charge in [-0.25, -0.2) is 0 Å². The highest BCUT2D eigenvalue weighted by Crippen LogP contribution is 2.29. The largest absolute Gasteiger partial charge is 0.496 e. The summed E-state index contributed by atoms with van der Waals surface area (Å²) in [6.45, 7) is 2.14. The number of benzene rings is 1. The van der Waals surface area contributed by atoms with Gasteiger partial charge in [0.05, 0.1) is 7.11 Å². The Morgan fingerprint density at radius 3 is 2.85 bits per heavy atom. The smallest absolute Gasteiger partial charge is 0.191 e. The van der Waals surface area contributed by atoms with E-state index >= 15 is 0 Å². The van der Waals surface area contributed by atoms with Gasteiger partial charge >= 0.3 is 0 Å². The van der Waals surface area contributed by atoms with Crippen molar-refractivity contribution < 1.29 is 4.74 Å². The van der Waals surface area contributed by atoms with E-state index < -0.39 is 0 Å². The SMILES string of the molecule is CNC(C)c1ccc(OC)c(CSc2nncn2C)c1. The molecule has 2 rings (SSSR count). The molecule has 0 fully saturated rings. The molecule has 1 N–H and O–H groups in total. The van der Waals surface area contributed by atoms with Crippen molar-refractivity contribution in [1.29, 1.82) is 0 Å². The number of hydrogen-bond acceptors (Lipinski definition) is 5. The zero-order chi connectivity index (χ0) is 14.5. The third kappa shape index (κ3) is 3.32. The molecular weight excluding hydrogens is 272 g/mol. The predicted octanol–water partition coefficient (Wildman–Crippen LogP) is 2.40. The standard InChI is InChI=1S/C14H20N4OS/c1-10(15-2)11-5-6-13(19-4)12(7-11)8-20-14-17-16-9-18(14)3/h5-7,9-10,15H,8H2,1-4H3. The molecule has 0 saturated carbocycles. The summed E-state index contributed by atoms with van der Waals surface area (Å²) < 4.78 is 7.35. The van der Waals surface area contributed by atoms with E-state index in [0.29, 0.717) is 6.04 Å². The fraction of sp³-hybridized carbons (Fsp3) is 0.429. The van der Waals surface area contributed by atoms with Gasteiger partial charge in [-0.05, 0) is 31.7 Å². The molecule has 1 unspecified atom stereocenters. The Morgan fingerprint density at radius 1 is 1.45 bits per heavy atom. The summed E-state index contributed by atoms with van der Waals surface area (Å²) in [5, 5.41) is 12.1. The number of aromatic nitrogens is 3. The minimum Gasteiger partial charge on any atom is -0.496 e. The number of nitrogens with zero attached hydrogens (tertiary/aromatic N) is 3. The number of aryl methyl sites for hydroxylation is 1. The van der Waals surface area contributed by atoms with E-state index in [1.807, 2.05) is 24.7 Å². The van der Waals surface area contributed by atoms with Crippen molar-refractivity contribution in [2.75, 3.05) is 14.2 Å². The molecule has 0 saturated heterocycles. The molecule has 108 valence electrons. The molecule has 2 aromatic rings. The number of nitrogens with one attached hydrogen (secondary N) is 1. The topological polar surface area (TPSA) is 52.0 Å². The zero-order valence-electron chi connectivity index (χ0n) is 12.3. The number of rotatable bonds is 6. The Labute approximate surface area is 123 Å². The maximum absolute atomic E-state index is 5.44. The lowest BCUT2D eigenvalue weighted by molar-refractivity contribution is 0.411. The summed E-state index contributed by atoms with van der Waals surface area (Å²) in [5.74, 6) is 1.71. The maximum Gasteiger partial charge on any atom is 0.191 e. The van der Waals surface area contributed by atoms with Crippen molar-refractivity contribution in [1.82, 2.24) is 20.1 Å². The Bertz CT molecular complexity index is 570. The van der Waals surface area contributed by atoms with Gasteiger partial charge in [0.15, 0.2) is 5.16 Å². The maximum atomic E-state index is 5.44. The lowest BCUT2D eigenvalue weighted by atomic mass is 10.1. The average Bonchev–Trinajstić information content (AvgIpc) is 2.89. The van der Waals surface area contributed by atoms with E-state index in [9.17, 15) is 0 Å². The van der Waals surface area contributed by atoms with Crippen molar-refractivity contribution in [3.63, 3.8) is 0 Å². The van der Waals surface area contributed by atoms with Crippen LogP contribution in [0.5, 0.6) is 5.75 Å². The van der Waals surface area contributed by atoms with E-state index in [1.54, 1.807) is 25.2 Å². The molecule has 0 aliphatic rings. The summed E-state index contributed by atoms with van der Waals surface area (Å²) in [4.78, 5) is 0. The van der Waals surface area contributed by atoms with Crippen molar-refractivity contribution in [3.05, 3.63) is 35.7 Å². The van der Waals surface area contributed by atoms with Crippen LogP contribution in [0.4, 0.5) is 0 Å². The van der Waals surface area contributed by atoms with Gasteiger partial charge < -0.3 is 14.6 Å². The Morgan fingerprint density at radius 2 is 2.25 bits per heavy atom. The molecule has 1 aromatic carbocycles. The Kier molecular flexibility index (Phi) is 5.03. The van der Waals surface area contributed by atoms with E-state index in [4.69, 9.17) is 4.74 Å². The van der Waals surface area contributed by atoms with Crippen LogP contribution in [0.1, 0.15) is 24.1 Å². The van der Waals surface area contributed by atoms with Crippen molar-refractivity contribution in [3.8, 4) is 5.75 Å². The quantitative estimate of drug-likeness (QED) is 0.829. The molecule has 0 radical (unpaired) electrons. The normalized spacial score (nSPS) is 12.4. The minimum atomic E-state index is 0.319. The van der Waals surface area contributed by atoms with Gasteiger partial charge in [0.1, 0.15) is 12.1 Å². The molecule has 20 heavy (non-hydrogen) atoms. The van der Waals surface area contributed by atoms with Crippen molar-refractivity contribution >= 4 is 11.8 Å². The zero-order valence-corrected chi connectivity index (χ0v) is 13.1. The van der Waals surface area contributed by atoms with Gasteiger partial charge in [0.2, 0.25) is 0 Å². The molecule has 0 spiro atoms. The summed E-state index contributed by atoms with van der Waals surface area (Å²) in [6.07, 6.45) is 1.71. The molecule has 0 aliphatic heterocycles. The summed E-state index contributed by atoms with van der Waals surface area (Å²) in [6, 6.07) is 6.62. The van der Waals surface area contributed by atoms with Crippen molar-refractivity contribution in [2.24, 2.45) is 7.05 Å². The first-order valence-corrected chi connectivity index (χ1v) is 7.45. The fourth-order valence-corrected chi connectivity index (χ4v) is 2.76. The van der Waals surface area contributed by atoms with Gasteiger partial charge in [-0.15, -0.1) is 10.2 Å². The van der Waals surface area contributed by atoms with Gasteiger partial charge in [-0.2, -0.15) is 0 Å². The predicted molar refractivity (Wildman–Crippen MR) is 81.0 cm³/mol. The molecule has 1 heterocycles. The molecule has 5 nitrogen and oxygen atoms in total. The average molecular weight is 292 g/mol. The second-order valence-corrected chi connectivity index (χ2v) is 5.54. The van der Waals surface area contributed by atoms with Crippen molar-refractivity contribution in [2.45, 2.75) is 23.9 Å². The van der Waals surface area contributed by atoms with Crippen LogP contribution in [0.25, 0.3) is 0 Å². The lowest BCUT2D eigenvalue weighted by Crippen LogP contribution is -2.12. The second kappa shape index (κ2) is 6.76. The highest BCUT2D eigenvalue weighted by molar-refractivity contribution is 7.98. The minimum absolute atomic E-state index is 0.319. The highest BCUT2D eigenvalue weighted by Gasteiger charge is 2.10. The van der Waals surface area contributed by atoms with Crippen LogP contribution in [0.15, 0.2) is 29.7 Å². The molecular formula is C14H20N4OS. The number of methoxy groups -OCH3 is 1. The molecule has 0 amide bonds. The third-order valence-electron chi connectivity index (χ3n) is 3.26. The summed E-state index contributed by atoms with van der Waals surface area (Å²) in [7, 11) is 5.61. The first-order valence-electron chi connectivity index (χ1n) is 6.46. The molecule has 6 heteroatoms. The van der Waals surface area contributed by atoms with E-state index in [0.717, 1.165) is 16.7 Å². The first kappa shape index (κ1) is 14.9. The first-order chi connectivity index (χ1) is 9.65. The number of hydrogen-bond donors (Lipinski definition) is 1. The van der Waals surface area contributed by atoms with Crippen LogP contribution in [-0.2, 0) is 12.8 Å². The molecule has 1 aromatic heterocycles. The van der Waals surface area contributed by atoms with Gasteiger partial charge in [0.25, 0.3) is 0 Å². The van der Waals surface area contributed by atoms with E-state index in [-0.39, 0.29) is 0 Å². The van der Waals surface area contributed by atoms with Crippen LogP contribution in [-0.4, -0.2) is 28.9 Å². The number of thioether (sulfide) groups is 1. The van der Waals surface area contributed by atoms with Crippen LogP contribution >= 0.6 is 11.8 Å². The van der Waals surface area contributed by atoms with Crippen LogP contribution in [0, 0.1) is 0 Å². The highest BCUT2D eigenvalue weighted by atomic mass is 32.2. The fourth-order valence-electron chi connectivity index (χ4n) is 1.89. The third-order valence-corrected chi connectivity index (χ3v) is 4.35. The monoisotopic (exact) mass is 292 g/mol. The summed E-state index contributed by atoms with van der Waals surface area (Å²) >= 11 is 1.65. The van der Waals surface area contributed by atoms with Crippen LogP contribution in [0.2, 0.25) is 0 Å². The number of ether oxygens (including phenoxy) is 1. The summed E-state index contributed by atoms with van der Waals surface area (Å²) in [5.41, 5.74) is 2.42. The van der Waals surface area contributed by atoms with E-state index in [2.05, 4.69) is 34.6 Å². The Hall–Kier alpha value is -1.53.